The summed E-state index contributed by atoms with van der Waals surface area (Å²) < 4.78 is 0. The summed E-state index contributed by atoms with van der Waals surface area (Å²) in [6, 6.07) is 0. The second-order valence-corrected chi connectivity index (χ2v) is 6.99. The van der Waals surface area contributed by atoms with Crippen LogP contribution in [0.4, 0.5) is 0 Å². The third-order valence-electron chi connectivity index (χ3n) is 5.43. The molecule has 1 rings (SSSR count). The van der Waals surface area contributed by atoms with E-state index in [2.05, 4.69) is 32.7 Å². The Kier molecular flexibility index (Phi) is 7.38. The van der Waals surface area contributed by atoms with Crippen LogP contribution < -0.4 is 5.73 Å². The highest BCUT2D eigenvalue weighted by atomic mass is 15.2. The molecule has 1 saturated carbocycles. The summed E-state index contributed by atoms with van der Waals surface area (Å²) >= 11 is 0. The molecule has 2 N–H and O–H groups in total. The highest BCUT2D eigenvalue weighted by Crippen LogP contribution is 2.36. The first kappa shape index (κ1) is 17.0. The summed E-state index contributed by atoms with van der Waals surface area (Å²) in [6.07, 6.45) is 10.7. The molecule has 1 aliphatic carbocycles. The predicted molar refractivity (Wildman–Crippen MR) is 85.4 cm³/mol. The van der Waals surface area contributed by atoms with Gasteiger partial charge in [0, 0.05) is 12.1 Å². The fourth-order valence-electron chi connectivity index (χ4n) is 3.66. The van der Waals surface area contributed by atoms with E-state index in [1.54, 1.807) is 0 Å². The monoisotopic (exact) mass is 268 g/mol. The van der Waals surface area contributed by atoms with Gasteiger partial charge in [0.1, 0.15) is 0 Å². The lowest BCUT2D eigenvalue weighted by molar-refractivity contribution is 0.103. The normalized spacial score (nSPS) is 28.9. The SMILES string of the molecule is CCCCCN(C)C1(CN)CCCC(C(C)C)CC1. The van der Waals surface area contributed by atoms with Crippen molar-refractivity contribution >= 4 is 0 Å². The van der Waals surface area contributed by atoms with Crippen molar-refractivity contribution in [2.24, 2.45) is 17.6 Å². The van der Waals surface area contributed by atoms with E-state index in [1.165, 1.54) is 57.9 Å². The summed E-state index contributed by atoms with van der Waals surface area (Å²) in [7, 11) is 2.30. The summed E-state index contributed by atoms with van der Waals surface area (Å²) in [5, 5.41) is 0. The van der Waals surface area contributed by atoms with Gasteiger partial charge in [-0.2, -0.15) is 0 Å². The minimum absolute atomic E-state index is 0.289. The van der Waals surface area contributed by atoms with E-state index in [4.69, 9.17) is 5.73 Å². The third kappa shape index (κ3) is 4.75. The molecule has 0 aromatic carbocycles. The largest absolute Gasteiger partial charge is 0.329 e. The topological polar surface area (TPSA) is 29.3 Å². The van der Waals surface area contributed by atoms with Gasteiger partial charge < -0.3 is 5.73 Å². The van der Waals surface area contributed by atoms with Gasteiger partial charge in [0.05, 0.1) is 0 Å². The zero-order chi connectivity index (χ0) is 14.3. The molecule has 0 radical (unpaired) electrons. The minimum Gasteiger partial charge on any atom is -0.329 e. The van der Waals surface area contributed by atoms with Gasteiger partial charge in [-0.05, 0) is 51.1 Å². The molecule has 2 atom stereocenters. The summed E-state index contributed by atoms with van der Waals surface area (Å²) in [5.41, 5.74) is 6.48. The maximum Gasteiger partial charge on any atom is 0.0328 e. The molecule has 0 aromatic rings. The lowest BCUT2D eigenvalue weighted by Crippen LogP contribution is -2.52. The average molecular weight is 268 g/mol. The van der Waals surface area contributed by atoms with Crippen molar-refractivity contribution in [1.29, 1.82) is 0 Å². The van der Waals surface area contributed by atoms with Crippen molar-refractivity contribution in [3.05, 3.63) is 0 Å². The van der Waals surface area contributed by atoms with Gasteiger partial charge in [-0.1, -0.05) is 46.5 Å². The van der Waals surface area contributed by atoms with Crippen LogP contribution in [0.5, 0.6) is 0 Å². The van der Waals surface area contributed by atoms with E-state index in [1.807, 2.05) is 0 Å². The lowest BCUT2D eigenvalue weighted by Gasteiger charge is -2.41. The Bertz CT molecular complexity index is 239. The number of unbranched alkanes of at least 4 members (excludes halogenated alkanes) is 2. The molecule has 2 heteroatoms. The van der Waals surface area contributed by atoms with Crippen molar-refractivity contribution in [2.75, 3.05) is 20.1 Å². The first-order valence-electron chi connectivity index (χ1n) is 8.47. The number of likely N-dealkylation sites (N-methyl/N-ethyl adjacent to an activating group) is 1. The molecule has 0 amide bonds. The third-order valence-corrected chi connectivity index (χ3v) is 5.43. The van der Waals surface area contributed by atoms with E-state index in [0.717, 1.165) is 18.4 Å². The van der Waals surface area contributed by atoms with E-state index in [0.29, 0.717) is 0 Å². The van der Waals surface area contributed by atoms with Crippen LogP contribution in [0.1, 0.15) is 72.1 Å². The first-order valence-corrected chi connectivity index (χ1v) is 8.47. The second kappa shape index (κ2) is 8.26. The van der Waals surface area contributed by atoms with Gasteiger partial charge in [-0.3, -0.25) is 4.90 Å². The Balaban J connectivity index is 2.58. The fourth-order valence-corrected chi connectivity index (χ4v) is 3.66. The number of hydrogen-bond acceptors (Lipinski definition) is 2. The highest BCUT2D eigenvalue weighted by molar-refractivity contribution is 4.93. The van der Waals surface area contributed by atoms with Crippen LogP contribution >= 0.6 is 0 Å². The zero-order valence-electron chi connectivity index (χ0n) is 13.8. The van der Waals surface area contributed by atoms with Gasteiger partial charge in [0.15, 0.2) is 0 Å². The highest BCUT2D eigenvalue weighted by Gasteiger charge is 2.35. The molecule has 1 aliphatic rings. The summed E-state index contributed by atoms with van der Waals surface area (Å²) in [4.78, 5) is 2.59. The summed E-state index contributed by atoms with van der Waals surface area (Å²) in [5.74, 6) is 1.75. The number of nitrogens with zero attached hydrogens (tertiary/aromatic N) is 1. The maximum atomic E-state index is 6.19. The zero-order valence-corrected chi connectivity index (χ0v) is 13.8. The molecule has 0 aromatic heterocycles. The Morgan fingerprint density at radius 2 is 1.95 bits per heavy atom. The second-order valence-electron chi connectivity index (χ2n) is 6.99. The first-order chi connectivity index (χ1) is 9.05. The Morgan fingerprint density at radius 3 is 2.53 bits per heavy atom. The molecule has 0 bridgehead atoms. The lowest BCUT2D eigenvalue weighted by atomic mass is 9.85. The van der Waals surface area contributed by atoms with Crippen LogP contribution in [0.3, 0.4) is 0 Å². The van der Waals surface area contributed by atoms with Crippen LogP contribution in [0.2, 0.25) is 0 Å². The van der Waals surface area contributed by atoms with E-state index >= 15 is 0 Å². The van der Waals surface area contributed by atoms with Gasteiger partial charge >= 0.3 is 0 Å². The molecular formula is C17H36N2. The van der Waals surface area contributed by atoms with Crippen molar-refractivity contribution in [3.63, 3.8) is 0 Å². The molecule has 2 unspecified atom stereocenters. The average Bonchev–Trinajstić information content (AvgIpc) is 2.62. The van der Waals surface area contributed by atoms with E-state index in [9.17, 15) is 0 Å². The predicted octanol–water partition coefficient (Wildman–Crippen LogP) is 4.04. The number of hydrogen-bond donors (Lipinski definition) is 1. The molecule has 0 heterocycles. The van der Waals surface area contributed by atoms with Gasteiger partial charge in [-0.15, -0.1) is 0 Å². The van der Waals surface area contributed by atoms with E-state index in [-0.39, 0.29) is 5.54 Å². The standard InChI is InChI=1S/C17H36N2/c1-5-6-7-13-19(4)17(14-18)11-8-9-16(10-12-17)15(2)3/h15-16H,5-14,18H2,1-4H3. The van der Waals surface area contributed by atoms with Crippen LogP contribution in [0.25, 0.3) is 0 Å². The van der Waals surface area contributed by atoms with Crippen molar-refractivity contribution in [1.82, 2.24) is 4.90 Å². The Hall–Kier alpha value is -0.0800. The molecule has 0 saturated heterocycles. The quantitative estimate of drug-likeness (QED) is 0.558. The molecule has 0 spiro atoms. The van der Waals surface area contributed by atoms with Gasteiger partial charge in [-0.25, -0.2) is 0 Å². The van der Waals surface area contributed by atoms with Gasteiger partial charge in [0.2, 0.25) is 0 Å². The van der Waals surface area contributed by atoms with Crippen LogP contribution in [0.15, 0.2) is 0 Å². The van der Waals surface area contributed by atoms with E-state index < -0.39 is 0 Å². The molecule has 114 valence electrons. The van der Waals surface area contributed by atoms with Crippen LogP contribution in [-0.2, 0) is 0 Å². The van der Waals surface area contributed by atoms with Gasteiger partial charge in [0.25, 0.3) is 0 Å². The fraction of sp³-hybridized carbons (Fsp3) is 1.00. The minimum atomic E-state index is 0.289. The molecule has 0 aliphatic heterocycles. The molecule has 2 nitrogen and oxygen atoms in total. The number of nitrogens with two attached hydrogens (primary N) is 1. The van der Waals surface area contributed by atoms with Crippen molar-refractivity contribution in [2.45, 2.75) is 77.7 Å². The van der Waals surface area contributed by atoms with Crippen molar-refractivity contribution < 1.29 is 0 Å². The van der Waals surface area contributed by atoms with Crippen LogP contribution in [-0.4, -0.2) is 30.6 Å². The Morgan fingerprint density at radius 1 is 1.21 bits per heavy atom. The molecular weight excluding hydrogens is 232 g/mol. The number of rotatable bonds is 7. The summed E-state index contributed by atoms with van der Waals surface area (Å²) in [6.45, 7) is 9.09. The molecule has 1 fully saturated rings. The smallest absolute Gasteiger partial charge is 0.0328 e. The van der Waals surface area contributed by atoms with Crippen LogP contribution in [0, 0.1) is 11.8 Å². The van der Waals surface area contributed by atoms with Crippen molar-refractivity contribution in [3.8, 4) is 0 Å². The molecule has 19 heavy (non-hydrogen) atoms. The Labute approximate surface area is 121 Å². The maximum absolute atomic E-state index is 6.19.